The molecule has 0 aromatic heterocycles. The maximum Gasteiger partial charge on any atom is 0.321 e. The van der Waals surface area contributed by atoms with E-state index in [1.807, 2.05) is 30.3 Å². The van der Waals surface area contributed by atoms with Crippen molar-refractivity contribution in [3.8, 4) is 11.5 Å². The van der Waals surface area contributed by atoms with Gasteiger partial charge in [0.1, 0.15) is 0 Å². The van der Waals surface area contributed by atoms with E-state index in [2.05, 4.69) is 5.32 Å². The van der Waals surface area contributed by atoms with Crippen molar-refractivity contribution in [3.05, 3.63) is 54.1 Å². The molecule has 1 fully saturated rings. The number of piperidine rings is 1. The lowest BCUT2D eigenvalue weighted by atomic mass is 9.75. The SMILES string of the molecule is CCOC(=O)[C@@]1(Cc2ccccc2)CCCN(C(=O)Nc2ccc3c(c2)OCO3)C1. The Hall–Kier alpha value is -3.22. The van der Waals surface area contributed by atoms with Gasteiger partial charge < -0.3 is 24.4 Å². The third kappa shape index (κ3) is 4.20. The molecule has 7 nitrogen and oxygen atoms in total. The molecular formula is C23H26N2O5. The summed E-state index contributed by atoms with van der Waals surface area (Å²) >= 11 is 0. The topological polar surface area (TPSA) is 77.1 Å². The van der Waals surface area contributed by atoms with Crippen molar-refractivity contribution in [3.63, 3.8) is 0 Å². The van der Waals surface area contributed by atoms with Crippen molar-refractivity contribution in [2.45, 2.75) is 26.2 Å². The number of nitrogens with zero attached hydrogens (tertiary/aromatic N) is 1. The van der Waals surface area contributed by atoms with Gasteiger partial charge in [-0.1, -0.05) is 30.3 Å². The molecule has 0 unspecified atom stereocenters. The van der Waals surface area contributed by atoms with Crippen LogP contribution < -0.4 is 14.8 Å². The molecule has 2 aliphatic rings. The molecule has 2 aromatic carbocycles. The molecule has 1 saturated heterocycles. The summed E-state index contributed by atoms with van der Waals surface area (Å²) in [6.45, 7) is 3.21. The maximum atomic E-state index is 13.0. The quantitative estimate of drug-likeness (QED) is 0.758. The molecule has 0 bridgehead atoms. The van der Waals surface area contributed by atoms with Crippen LogP contribution in [0.25, 0.3) is 0 Å². The lowest BCUT2D eigenvalue weighted by molar-refractivity contribution is -0.158. The summed E-state index contributed by atoms with van der Waals surface area (Å²) in [4.78, 5) is 27.6. The number of carbonyl (C=O) groups excluding carboxylic acids is 2. The number of likely N-dealkylation sites (tertiary alicyclic amines) is 1. The third-order valence-corrected chi connectivity index (χ3v) is 5.58. The Morgan fingerprint density at radius 3 is 2.73 bits per heavy atom. The van der Waals surface area contributed by atoms with Crippen molar-refractivity contribution in [1.82, 2.24) is 4.90 Å². The van der Waals surface area contributed by atoms with Crippen molar-refractivity contribution >= 4 is 17.7 Å². The van der Waals surface area contributed by atoms with Crippen LogP contribution in [-0.4, -0.2) is 43.4 Å². The number of fused-ring (bicyclic) bond motifs is 1. The van der Waals surface area contributed by atoms with E-state index in [0.717, 1.165) is 12.0 Å². The molecule has 4 rings (SSSR count). The third-order valence-electron chi connectivity index (χ3n) is 5.58. The summed E-state index contributed by atoms with van der Waals surface area (Å²) in [6, 6.07) is 14.9. The molecule has 2 aromatic rings. The van der Waals surface area contributed by atoms with Gasteiger partial charge in [-0.15, -0.1) is 0 Å². The molecule has 7 heteroatoms. The maximum absolute atomic E-state index is 13.0. The van der Waals surface area contributed by atoms with Crippen molar-refractivity contribution in [1.29, 1.82) is 0 Å². The van der Waals surface area contributed by atoms with Crippen molar-refractivity contribution < 1.29 is 23.8 Å². The zero-order chi connectivity index (χ0) is 21.0. The van der Waals surface area contributed by atoms with E-state index in [1.54, 1.807) is 30.0 Å². The first-order valence-electron chi connectivity index (χ1n) is 10.3. The molecule has 1 atom stereocenters. The van der Waals surface area contributed by atoms with Gasteiger partial charge in [-0.2, -0.15) is 0 Å². The molecule has 30 heavy (non-hydrogen) atoms. The Labute approximate surface area is 175 Å². The highest BCUT2D eigenvalue weighted by Crippen LogP contribution is 2.37. The Morgan fingerprint density at radius 1 is 1.13 bits per heavy atom. The van der Waals surface area contributed by atoms with Gasteiger partial charge >= 0.3 is 12.0 Å². The first-order valence-corrected chi connectivity index (χ1v) is 10.3. The number of amides is 2. The van der Waals surface area contributed by atoms with Crippen LogP contribution in [0, 0.1) is 5.41 Å². The fraction of sp³-hybridized carbons (Fsp3) is 0.391. The molecule has 0 saturated carbocycles. The summed E-state index contributed by atoms with van der Waals surface area (Å²) in [5.41, 5.74) is 0.935. The highest BCUT2D eigenvalue weighted by Gasteiger charge is 2.44. The van der Waals surface area contributed by atoms with Crippen LogP contribution in [0.2, 0.25) is 0 Å². The van der Waals surface area contributed by atoms with Gasteiger partial charge in [0.15, 0.2) is 11.5 Å². The molecule has 1 N–H and O–H groups in total. The van der Waals surface area contributed by atoms with E-state index in [9.17, 15) is 9.59 Å². The van der Waals surface area contributed by atoms with Gasteiger partial charge in [-0.3, -0.25) is 4.79 Å². The van der Waals surface area contributed by atoms with E-state index in [0.29, 0.717) is 49.7 Å². The minimum absolute atomic E-state index is 0.181. The average molecular weight is 410 g/mol. The lowest BCUT2D eigenvalue weighted by Crippen LogP contribution is -2.52. The molecule has 2 amide bonds. The molecule has 0 aliphatic carbocycles. The Morgan fingerprint density at radius 2 is 1.93 bits per heavy atom. The predicted octanol–water partition coefficient (Wildman–Crippen LogP) is 3.84. The predicted molar refractivity (Wildman–Crippen MR) is 112 cm³/mol. The number of nitrogens with one attached hydrogen (secondary N) is 1. The second-order valence-electron chi connectivity index (χ2n) is 7.69. The number of rotatable bonds is 5. The van der Waals surface area contributed by atoms with Gasteiger partial charge in [0.05, 0.1) is 12.0 Å². The fourth-order valence-electron chi connectivity index (χ4n) is 4.14. The fourth-order valence-corrected chi connectivity index (χ4v) is 4.14. The number of ether oxygens (including phenoxy) is 3. The normalized spacial score (nSPS) is 20.0. The molecule has 0 radical (unpaired) electrons. The second kappa shape index (κ2) is 8.65. The van der Waals surface area contributed by atoms with Gasteiger partial charge in [0, 0.05) is 24.8 Å². The smallest absolute Gasteiger partial charge is 0.321 e. The van der Waals surface area contributed by atoms with Gasteiger partial charge in [-0.05, 0) is 43.9 Å². The Balaban J connectivity index is 1.51. The number of hydrogen-bond acceptors (Lipinski definition) is 5. The van der Waals surface area contributed by atoms with Crippen LogP contribution in [0.4, 0.5) is 10.5 Å². The molecule has 2 aliphatic heterocycles. The number of hydrogen-bond donors (Lipinski definition) is 1. The molecule has 158 valence electrons. The summed E-state index contributed by atoms with van der Waals surface area (Å²) in [5, 5.41) is 2.91. The minimum atomic E-state index is -0.748. The van der Waals surface area contributed by atoms with Gasteiger partial charge in [0.2, 0.25) is 6.79 Å². The van der Waals surface area contributed by atoms with E-state index in [-0.39, 0.29) is 18.8 Å². The van der Waals surface area contributed by atoms with Crippen LogP contribution in [-0.2, 0) is 16.0 Å². The van der Waals surface area contributed by atoms with Crippen molar-refractivity contribution in [2.24, 2.45) is 5.41 Å². The van der Waals surface area contributed by atoms with E-state index >= 15 is 0 Å². The first kappa shape index (κ1) is 20.1. The second-order valence-corrected chi connectivity index (χ2v) is 7.69. The van der Waals surface area contributed by atoms with Crippen molar-refractivity contribution in [2.75, 3.05) is 31.8 Å². The summed E-state index contributed by atoms with van der Waals surface area (Å²) in [5.74, 6) is 1.03. The number of benzene rings is 2. The number of urea groups is 1. The number of anilines is 1. The van der Waals surface area contributed by atoms with E-state index < -0.39 is 5.41 Å². The van der Waals surface area contributed by atoms with E-state index in [1.165, 1.54) is 0 Å². The minimum Gasteiger partial charge on any atom is -0.466 e. The highest BCUT2D eigenvalue weighted by molar-refractivity contribution is 5.90. The largest absolute Gasteiger partial charge is 0.466 e. The average Bonchev–Trinajstić information content (AvgIpc) is 3.23. The van der Waals surface area contributed by atoms with Crippen LogP contribution in [0.5, 0.6) is 11.5 Å². The van der Waals surface area contributed by atoms with Crippen LogP contribution >= 0.6 is 0 Å². The number of carbonyl (C=O) groups is 2. The Bertz CT molecular complexity index is 917. The monoisotopic (exact) mass is 410 g/mol. The number of esters is 1. The zero-order valence-corrected chi connectivity index (χ0v) is 17.1. The molecule has 0 spiro atoms. The first-order chi connectivity index (χ1) is 14.6. The zero-order valence-electron chi connectivity index (χ0n) is 17.1. The Kier molecular flexibility index (Phi) is 5.79. The van der Waals surface area contributed by atoms with Gasteiger partial charge in [0.25, 0.3) is 0 Å². The standard InChI is InChI=1S/C23H26N2O5/c1-2-28-21(26)23(14-17-7-4-3-5-8-17)11-6-12-25(15-23)22(27)24-18-9-10-19-20(13-18)30-16-29-19/h3-5,7-10,13H,2,6,11-12,14-16H2,1H3,(H,24,27)/t23-/m1/s1. The summed E-state index contributed by atoms with van der Waals surface area (Å²) in [7, 11) is 0. The van der Waals surface area contributed by atoms with Crippen LogP contribution in [0.3, 0.4) is 0 Å². The molecular weight excluding hydrogens is 384 g/mol. The van der Waals surface area contributed by atoms with Crippen LogP contribution in [0.1, 0.15) is 25.3 Å². The summed E-state index contributed by atoms with van der Waals surface area (Å²) < 4.78 is 16.1. The molecule has 2 heterocycles. The van der Waals surface area contributed by atoms with Gasteiger partial charge in [-0.25, -0.2) is 4.79 Å². The lowest BCUT2D eigenvalue weighted by Gasteiger charge is -2.41. The highest BCUT2D eigenvalue weighted by atomic mass is 16.7. The van der Waals surface area contributed by atoms with E-state index in [4.69, 9.17) is 14.2 Å². The van der Waals surface area contributed by atoms with Crippen LogP contribution in [0.15, 0.2) is 48.5 Å². The summed E-state index contributed by atoms with van der Waals surface area (Å²) in [6.07, 6.45) is 1.97.